The van der Waals surface area contributed by atoms with E-state index in [-0.39, 0.29) is 25.9 Å². The van der Waals surface area contributed by atoms with Gasteiger partial charge in [0, 0.05) is 0 Å². The van der Waals surface area contributed by atoms with Crippen molar-refractivity contribution < 1.29 is 60.6 Å². The molecule has 0 saturated carbocycles. The molecule has 0 amide bonds. The molecule has 0 aliphatic heterocycles. The summed E-state index contributed by atoms with van der Waals surface area (Å²) in [7, 11) is -13.9. The molecule has 0 bridgehead atoms. The average molecular weight is 320 g/mol. The zero-order valence-corrected chi connectivity index (χ0v) is 11.4. The van der Waals surface area contributed by atoms with Crippen LogP contribution in [0.15, 0.2) is 0 Å². The molecule has 0 rings (SSSR count). The summed E-state index contributed by atoms with van der Waals surface area (Å²) in [6, 6.07) is 0. The number of hydrogen-bond acceptors (Lipinski definition) is 3. The van der Waals surface area contributed by atoms with Crippen LogP contribution in [0.3, 0.4) is 0 Å². The standard InChI is InChI=1S/Mg.3H3O4P.2H/c;3*1-5(2,3)4;;/h;3*(H3,1,2,3,4);;/q+2;;;;2*-1. The molecule has 0 spiro atoms. The molecule has 0 aromatic carbocycles. The molecule has 16 heteroatoms. The Labute approximate surface area is 107 Å². The first kappa shape index (κ1) is 25.8. The molecule has 0 unspecified atom stereocenters. The Morgan fingerprint density at radius 3 is 0.500 bits per heavy atom. The monoisotopic (exact) mass is 320 g/mol. The van der Waals surface area contributed by atoms with E-state index in [1.54, 1.807) is 0 Å². The Morgan fingerprint density at radius 1 is 0.500 bits per heavy atom. The molecule has 12 nitrogen and oxygen atoms in total. The van der Waals surface area contributed by atoms with Crippen molar-refractivity contribution >= 4 is 46.5 Å². The summed E-state index contributed by atoms with van der Waals surface area (Å²) in [6.07, 6.45) is 0. The summed E-state index contributed by atoms with van der Waals surface area (Å²) in [5.74, 6) is 0. The van der Waals surface area contributed by atoms with Gasteiger partial charge >= 0.3 is 46.5 Å². The zero-order chi connectivity index (χ0) is 13.5. The van der Waals surface area contributed by atoms with Crippen LogP contribution < -0.4 is 0 Å². The fourth-order valence-electron chi connectivity index (χ4n) is 0. The van der Waals surface area contributed by atoms with Gasteiger partial charge in [-0.1, -0.05) is 0 Å². The van der Waals surface area contributed by atoms with Crippen molar-refractivity contribution in [1.29, 1.82) is 0 Å². The predicted octanol–water partition coefficient (Wildman–Crippen LogP) is -2.94. The zero-order valence-electron chi connectivity index (χ0n) is 9.30. The molecule has 0 atom stereocenters. The minimum absolute atomic E-state index is 0. The van der Waals surface area contributed by atoms with Gasteiger partial charge in [0.25, 0.3) is 0 Å². The van der Waals surface area contributed by atoms with E-state index in [2.05, 4.69) is 0 Å². The first-order chi connectivity index (χ1) is 6.00. The quantitative estimate of drug-likeness (QED) is 0.161. The molecule has 0 aliphatic rings. The van der Waals surface area contributed by atoms with Crippen LogP contribution in [0.2, 0.25) is 0 Å². The number of phosphoric acid groups is 3. The summed E-state index contributed by atoms with van der Waals surface area (Å²) >= 11 is 0. The van der Waals surface area contributed by atoms with Gasteiger partial charge in [-0.3, -0.25) is 0 Å². The van der Waals surface area contributed by atoms with E-state index < -0.39 is 23.5 Å². The largest absolute Gasteiger partial charge is 2.00 e. The van der Waals surface area contributed by atoms with Crippen LogP contribution in [0.25, 0.3) is 0 Å². The molecule has 0 aromatic heterocycles. The van der Waals surface area contributed by atoms with Gasteiger partial charge in [-0.05, 0) is 0 Å². The molecule has 0 saturated heterocycles. The molecule has 0 radical (unpaired) electrons. The molecule has 16 heavy (non-hydrogen) atoms. The summed E-state index contributed by atoms with van der Waals surface area (Å²) in [5.41, 5.74) is 0. The van der Waals surface area contributed by atoms with Crippen molar-refractivity contribution in [2.75, 3.05) is 0 Å². The van der Waals surface area contributed by atoms with Gasteiger partial charge < -0.3 is 46.9 Å². The van der Waals surface area contributed by atoms with E-state index in [9.17, 15) is 0 Å². The molecule has 0 aliphatic carbocycles. The Morgan fingerprint density at radius 2 is 0.500 bits per heavy atom. The van der Waals surface area contributed by atoms with E-state index in [1.165, 1.54) is 0 Å². The van der Waals surface area contributed by atoms with Crippen LogP contribution >= 0.6 is 23.5 Å². The van der Waals surface area contributed by atoms with Gasteiger partial charge in [0.2, 0.25) is 0 Å². The maximum atomic E-state index is 8.88. The Balaban J connectivity index is -0.0000000277. The smallest absolute Gasteiger partial charge is 1.00 e. The van der Waals surface area contributed by atoms with Crippen molar-refractivity contribution in [2.24, 2.45) is 0 Å². The average Bonchev–Trinajstić information content (AvgIpc) is 1.41. The molecule has 9 N–H and O–H groups in total. The van der Waals surface area contributed by atoms with Crippen molar-refractivity contribution in [3.05, 3.63) is 0 Å². The summed E-state index contributed by atoms with van der Waals surface area (Å²) in [5, 5.41) is 0. The fraction of sp³-hybridized carbons (Fsp3) is 0. The minimum Gasteiger partial charge on any atom is -1.00 e. The topological polar surface area (TPSA) is 233 Å². The van der Waals surface area contributed by atoms with Crippen molar-refractivity contribution in [3.63, 3.8) is 0 Å². The van der Waals surface area contributed by atoms with Crippen LogP contribution in [-0.4, -0.2) is 67.1 Å². The Hall–Kier alpha value is 1.10. The van der Waals surface area contributed by atoms with Crippen molar-refractivity contribution in [2.45, 2.75) is 0 Å². The van der Waals surface area contributed by atoms with E-state index in [1.807, 2.05) is 0 Å². The maximum Gasteiger partial charge on any atom is 2.00 e. The van der Waals surface area contributed by atoms with Crippen LogP contribution in [0.5, 0.6) is 0 Å². The van der Waals surface area contributed by atoms with Gasteiger partial charge in [0.15, 0.2) is 0 Å². The Kier molecular flexibility index (Phi) is 16.2. The molecule has 0 heterocycles. The summed E-state index contributed by atoms with van der Waals surface area (Å²) < 4.78 is 26.6. The van der Waals surface area contributed by atoms with E-state index in [0.29, 0.717) is 0 Å². The van der Waals surface area contributed by atoms with Gasteiger partial charge in [0.05, 0.1) is 0 Å². The summed E-state index contributed by atoms with van der Waals surface area (Å²) in [6.45, 7) is 0. The van der Waals surface area contributed by atoms with Crippen LogP contribution in [0.4, 0.5) is 0 Å². The molecule has 0 fully saturated rings. The third-order valence-corrected chi connectivity index (χ3v) is 0. The predicted molar refractivity (Wildman–Crippen MR) is 50.8 cm³/mol. The third-order valence-electron chi connectivity index (χ3n) is 0. The maximum absolute atomic E-state index is 8.88. The minimum atomic E-state index is -4.64. The molecular weight excluding hydrogens is 309 g/mol. The van der Waals surface area contributed by atoms with Crippen LogP contribution in [-0.2, 0) is 13.7 Å². The van der Waals surface area contributed by atoms with E-state index >= 15 is 0 Å². The fourth-order valence-corrected chi connectivity index (χ4v) is 0. The summed E-state index contributed by atoms with van der Waals surface area (Å²) in [4.78, 5) is 64.7. The number of hydrogen-bond donors (Lipinski definition) is 9. The SMILES string of the molecule is O=P(O)(O)O.O=P(O)(O)O.O=P(O)(O)O.[H-].[H-].[Mg+2]. The van der Waals surface area contributed by atoms with Gasteiger partial charge in [-0.15, -0.1) is 0 Å². The molecular formula is H11MgO12P3. The Bertz CT molecular complexity index is 211. The normalized spacial score (nSPS) is 11.1. The van der Waals surface area contributed by atoms with Gasteiger partial charge in [-0.25, -0.2) is 13.7 Å². The second-order valence-electron chi connectivity index (χ2n) is 1.54. The first-order valence-electron chi connectivity index (χ1n) is 2.35. The third kappa shape index (κ3) is 2500. The number of rotatable bonds is 0. The van der Waals surface area contributed by atoms with Gasteiger partial charge in [0.1, 0.15) is 0 Å². The van der Waals surface area contributed by atoms with Crippen molar-refractivity contribution in [3.8, 4) is 0 Å². The van der Waals surface area contributed by atoms with E-state index in [0.717, 1.165) is 0 Å². The van der Waals surface area contributed by atoms with Crippen molar-refractivity contribution in [1.82, 2.24) is 0 Å². The second-order valence-corrected chi connectivity index (χ2v) is 4.62. The molecule has 0 aromatic rings. The van der Waals surface area contributed by atoms with Crippen LogP contribution in [0, 0.1) is 0 Å². The van der Waals surface area contributed by atoms with Gasteiger partial charge in [-0.2, -0.15) is 0 Å². The van der Waals surface area contributed by atoms with Crippen LogP contribution in [0.1, 0.15) is 2.85 Å². The first-order valence-corrected chi connectivity index (χ1v) is 7.04. The molecule has 100 valence electrons. The van der Waals surface area contributed by atoms with E-state index in [4.69, 9.17) is 57.7 Å². The second kappa shape index (κ2) is 10.1.